The molecule has 1 atom stereocenters. The Bertz CT molecular complexity index is 821. The van der Waals surface area contributed by atoms with Crippen molar-refractivity contribution in [3.63, 3.8) is 0 Å². The Hall–Kier alpha value is -2.44. The Morgan fingerprint density at radius 3 is 2.33 bits per heavy atom. The van der Waals surface area contributed by atoms with E-state index < -0.39 is 0 Å². The van der Waals surface area contributed by atoms with E-state index in [1.165, 1.54) is 12.1 Å². The van der Waals surface area contributed by atoms with Crippen LogP contribution in [0.4, 0.5) is 10.1 Å². The van der Waals surface area contributed by atoms with Crippen LogP contribution >= 0.6 is 12.4 Å². The van der Waals surface area contributed by atoms with Gasteiger partial charge in [-0.2, -0.15) is 0 Å². The highest BCUT2D eigenvalue weighted by Crippen LogP contribution is 2.24. The fourth-order valence-electron chi connectivity index (χ4n) is 3.68. The molecule has 2 amide bonds. The van der Waals surface area contributed by atoms with Crippen LogP contribution in [0.3, 0.4) is 0 Å². The number of rotatable bonds is 7. The maximum atomic E-state index is 12.9. The van der Waals surface area contributed by atoms with Crippen molar-refractivity contribution in [1.29, 1.82) is 0 Å². The number of amides is 2. The summed E-state index contributed by atoms with van der Waals surface area (Å²) in [5, 5.41) is 9.07. The molecule has 30 heavy (non-hydrogen) atoms. The zero-order valence-corrected chi connectivity index (χ0v) is 17.9. The van der Waals surface area contributed by atoms with Crippen LogP contribution in [0.1, 0.15) is 42.1 Å². The second kappa shape index (κ2) is 11.7. The van der Waals surface area contributed by atoms with E-state index in [2.05, 4.69) is 22.9 Å². The maximum absolute atomic E-state index is 12.9. The first-order valence-electron chi connectivity index (χ1n) is 10.1. The minimum Gasteiger partial charge on any atom is -0.348 e. The van der Waals surface area contributed by atoms with Gasteiger partial charge in [-0.25, -0.2) is 4.39 Å². The fraction of sp³-hybridized carbons (Fsp3) is 0.391. The van der Waals surface area contributed by atoms with Gasteiger partial charge in [-0.05, 0) is 79.7 Å². The summed E-state index contributed by atoms with van der Waals surface area (Å²) in [4.78, 5) is 24.6. The predicted molar refractivity (Wildman–Crippen MR) is 119 cm³/mol. The lowest BCUT2D eigenvalue weighted by atomic mass is 9.84. The molecule has 162 valence electrons. The molecule has 1 aliphatic heterocycles. The van der Waals surface area contributed by atoms with Crippen molar-refractivity contribution in [1.82, 2.24) is 10.6 Å². The van der Waals surface area contributed by atoms with Crippen LogP contribution in [0, 0.1) is 17.7 Å². The third-order valence-electron chi connectivity index (χ3n) is 5.49. The molecule has 7 heteroatoms. The van der Waals surface area contributed by atoms with Gasteiger partial charge < -0.3 is 16.0 Å². The number of benzene rings is 2. The predicted octanol–water partition coefficient (Wildman–Crippen LogP) is 4.14. The quantitative estimate of drug-likeness (QED) is 0.614. The van der Waals surface area contributed by atoms with E-state index >= 15 is 0 Å². The van der Waals surface area contributed by atoms with E-state index in [1.807, 2.05) is 0 Å². The molecule has 2 aromatic rings. The van der Waals surface area contributed by atoms with Crippen molar-refractivity contribution in [3.8, 4) is 0 Å². The molecule has 0 aromatic heterocycles. The van der Waals surface area contributed by atoms with Gasteiger partial charge in [0, 0.05) is 24.2 Å². The van der Waals surface area contributed by atoms with E-state index in [9.17, 15) is 14.0 Å². The van der Waals surface area contributed by atoms with Gasteiger partial charge in [0.1, 0.15) is 5.82 Å². The molecular weight excluding hydrogens is 405 g/mol. The third-order valence-corrected chi connectivity index (χ3v) is 5.49. The van der Waals surface area contributed by atoms with Crippen LogP contribution < -0.4 is 16.0 Å². The minimum absolute atomic E-state index is 0. The molecule has 1 aliphatic rings. The molecule has 0 aliphatic carbocycles. The molecule has 5 nitrogen and oxygen atoms in total. The normalized spacial score (nSPS) is 15.0. The molecule has 0 saturated carbocycles. The van der Waals surface area contributed by atoms with Crippen LogP contribution in [-0.4, -0.2) is 24.9 Å². The lowest BCUT2D eigenvalue weighted by Gasteiger charge is -2.27. The van der Waals surface area contributed by atoms with Crippen molar-refractivity contribution in [2.75, 3.05) is 18.4 Å². The standard InChI is InChI=1S/C23H28FN3O2.ClH/c1-16(18-10-12-25-13-11-18)14-22(28)27-21-8-4-19(5-9-21)23(29)26-15-17-2-6-20(24)7-3-17;/h2-9,16,18,25H,10-15H2,1H3,(H,26,29)(H,27,28);1H. The molecule has 3 N–H and O–H groups in total. The Balaban J connectivity index is 0.00000320. The monoisotopic (exact) mass is 433 g/mol. The Morgan fingerprint density at radius 1 is 1.07 bits per heavy atom. The molecule has 3 rings (SSSR count). The largest absolute Gasteiger partial charge is 0.348 e. The number of piperidine rings is 1. The van der Waals surface area contributed by atoms with Crippen molar-refractivity contribution in [3.05, 3.63) is 65.5 Å². The highest BCUT2D eigenvalue weighted by molar-refractivity contribution is 5.95. The third kappa shape index (κ3) is 7.11. The highest BCUT2D eigenvalue weighted by Gasteiger charge is 2.22. The summed E-state index contributed by atoms with van der Waals surface area (Å²) >= 11 is 0. The first kappa shape index (κ1) is 23.8. The molecule has 1 unspecified atom stereocenters. The molecular formula is C23H29ClFN3O2. The molecule has 0 radical (unpaired) electrons. The van der Waals surface area contributed by atoms with E-state index in [-0.39, 0.29) is 30.0 Å². The van der Waals surface area contributed by atoms with E-state index in [4.69, 9.17) is 0 Å². The topological polar surface area (TPSA) is 70.2 Å². The summed E-state index contributed by atoms with van der Waals surface area (Å²) in [6.07, 6.45) is 2.75. The molecule has 1 saturated heterocycles. The van der Waals surface area contributed by atoms with E-state index in [1.54, 1.807) is 36.4 Å². The number of nitrogens with one attached hydrogen (secondary N) is 3. The summed E-state index contributed by atoms with van der Waals surface area (Å²) in [5.74, 6) is 0.432. The van der Waals surface area contributed by atoms with Crippen LogP contribution in [0.2, 0.25) is 0 Å². The SMILES string of the molecule is CC(CC(=O)Nc1ccc(C(=O)NCc2ccc(F)cc2)cc1)C1CCNCC1.Cl. The van der Waals surface area contributed by atoms with Crippen LogP contribution in [0.15, 0.2) is 48.5 Å². The second-order valence-corrected chi connectivity index (χ2v) is 7.70. The van der Waals surface area contributed by atoms with Crippen LogP contribution in [0.25, 0.3) is 0 Å². The number of anilines is 1. The Morgan fingerprint density at radius 2 is 1.70 bits per heavy atom. The average Bonchev–Trinajstić information content (AvgIpc) is 2.74. The average molecular weight is 434 g/mol. The molecule has 1 heterocycles. The second-order valence-electron chi connectivity index (χ2n) is 7.70. The van der Waals surface area contributed by atoms with E-state index in [0.29, 0.717) is 36.1 Å². The molecule has 0 spiro atoms. The van der Waals surface area contributed by atoms with Gasteiger partial charge in [0.05, 0.1) is 0 Å². The van der Waals surface area contributed by atoms with Gasteiger partial charge in [0.15, 0.2) is 0 Å². The minimum atomic E-state index is -0.303. The van der Waals surface area contributed by atoms with Crippen LogP contribution in [0.5, 0.6) is 0 Å². The molecule has 2 aromatic carbocycles. The Kier molecular flexibility index (Phi) is 9.27. The first-order chi connectivity index (χ1) is 14.0. The number of carbonyl (C=O) groups excluding carboxylic acids is 2. The fourth-order valence-corrected chi connectivity index (χ4v) is 3.68. The lowest BCUT2D eigenvalue weighted by molar-refractivity contribution is -0.117. The number of carbonyl (C=O) groups is 2. The summed E-state index contributed by atoms with van der Waals surface area (Å²) in [5.41, 5.74) is 2.02. The Labute approximate surface area is 183 Å². The zero-order valence-electron chi connectivity index (χ0n) is 17.1. The van der Waals surface area contributed by atoms with Gasteiger partial charge in [-0.15, -0.1) is 12.4 Å². The highest BCUT2D eigenvalue weighted by atomic mass is 35.5. The van der Waals surface area contributed by atoms with Crippen molar-refractivity contribution in [2.24, 2.45) is 11.8 Å². The summed E-state index contributed by atoms with van der Waals surface area (Å²) < 4.78 is 12.9. The summed E-state index contributed by atoms with van der Waals surface area (Å²) in [6.45, 7) is 4.53. The first-order valence-corrected chi connectivity index (χ1v) is 10.1. The van der Waals surface area contributed by atoms with Gasteiger partial charge >= 0.3 is 0 Å². The number of hydrogen-bond donors (Lipinski definition) is 3. The van der Waals surface area contributed by atoms with Crippen molar-refractivity contribution >= 4 is 29.9 Å². The van der Waals surface area contributed by atoms with Crippen molar-refractivity contribution < 1.29 is 14.0 Å². The zero-order chi connectivity index (χ0) is 20.6. The number of hydrogen-bond acceptors (Lipinski definition) is 3. The van der Waals surface area contributed by atoms with Gasteiger partial charge in [-0.1, -0.05) is 19.1 Å². The summed E-state index contributed by atoms with van der Waals surface area (Å²) in [6, 6.07) is 12.9. The van der Waals surface area contributed by atoms with Gasteiger partial charge in [0.2, 0.25) is 5.91 Å². The maximum Gasteiger partial charge on any atom is 0.251 e. The number of halogens is 2. The molecule has 1 fully saturated rings. The van der Waals surface area contributed by atoms with E-state index in [0.717, 1.165) is 31.5 Å². The lowest BCUT2D eigenvalue weighted by Crippen LogP contribution is -2.32. The van der Waals surface area contributed by atoms with Crippen LogP contribution in [-0.2, 0) is 11.3 Å². The summed E-state index contributed by atoms with van der Waals surface area (Å²) in [7, 11) is 0. The van der Waals surface area contributed by atoms with Crippen molar-refractivity contribution in [2.45, 2.75) is 32.7 Å². The molecule has 0 bridgehead atoms. The smallest absolute Gasteiger partial charge is 0.251 e. The van der Waals surface area contributed by atoms with Gasteiger partial charge in [0.25, 0.3) is 5.91 Å². The van der Waals surface area contributed by atoms with Gasteiger partial charge in [-0.3, -0.25) is 9.59 Å².